The summed E-state index contributed by atoms with van der Waals surface area (Å²) in [4.78, 5) is 12.4. The van der Waals surface area contributed by atoms with Gasteiger partial charge in [0, 0.05) is 12.0 Å². The summed E-state index contributed by atoms with van der Waals surface area (Å²) in [5, 5.41) is 3.40. The molecule has 0 amide bonds. The van der Waals surface area contributed by atoms with Crippen molar-refractivity contribution >= 4 is 5.97 Å². The van der Waals surface area contributed by atoms with Crippen molar-refractivity contribution in [1.82, 2.24) is 5.32 Å². The summed E-state index contributed by atoms with van der Waals surface area (Å²) >= 11 is 0. The molecule has 1 aliphatic carbocycles. The van der Waals surface area contributed by atoms with Crippen LogP contribution >= 0.6 is 0 Å². The van der Waals surface area contributed by atoms with Crippen molar-refractivity contribution in [3.63, 3.8) is 0 Å². The fourth-order valence-electron chi connectivity index (χ4n) is 3.48. The van der Waals surface area contributed by atoms with E-state index in [1.54, 1.807) is 0 Å². The monoisotopic (exact) mass is 259 g/mol. The lowest BCUT2D eigenvalue weighted by Gasteiger charge is -2.22. The average Bonchev–Trinajstić information content (AvgIpc) is 2.79. The smallest absolute Gasteiger partial charge is 0.310 e. The summed E-state index contributed by atoms with van der Waals surface area (Å²) in [6, 6.07) is 10.4. The molecule has 3 heteroatoms. The first-order valence-corrected chi connectivity index (χ1v) is 6.94. The fourth-order valence-corrected chi connectivity index (χ4v) is 3.48. The molecule has 1 saturated carbocycles. The van der Waals surface area contributed by atoms with Crippen molar-refractivity contribution in [1.29, 1.82) is 0 Å². The van der Waals surface area contributed by atoms with Crippen LogP contribution in [0.15, 0.2) is 30.3 Å². The Bertz CT molecular complexity index is 491. The van der Waals surface area contributed by atoms with Gasteiger partial charge in [0.05, 0.1) is 5.92 Å². The van der Waals surface area contributed by atoms with Crippen molar-refractivity contribution in [2.75, 3.05) is 13.1 Å². The van der Waals surface area contributed by atoms with Gasteiger partial charge in [0.25, 0.3) is 0 Å². The molecule has 3 atom stereocenters. The molecule has 1 aliphatic heterocycles. The summed E-state index contributed by atoms with van der Waals surface area (Å²) in [6.45, 7) is 7.58. The quantitative estimate of drug-likeness (QED) is 0.827. The first-order chi connectivity index (χ1) is 8.95. The second-order valence-corrected chi connectivity index (χ2v) is 6.65. The largest absolute Gasteiger partial charge is 0.460 e. The number of nitrogens with one attached hydrogen (secondary N) is 1. The van der Waals surface area contributed by atoms with E-state index in [1.165, 1.54) is 5.56 Å². The summed E-state index contributed by atoms with van der Waals surface area (Å²) < 4.78 is 5.58. The van der Waals surface area contributed by atoms with Crippen molar-refractivity contribution in [3.05, 3.63) is 35.9 Å². The fraction of sp³-hybridized carbons (Fsp3) is 0.562. The van der Waals surface area contributed by atoms with E-state index < -0.39 is 5.60 Å². The van der Waals surface area contributed by atoms with Gasteiger partial charge in [0.15, 0.2) is 0 Å². The second kappa shape index (κ2) is 4.07. The maximum absolute atomic E-state index is 12.4. The number of benzene rings is 1. The minimum atomic E-state index is -0.403. The van der Waals surface area contributed by atoms with Crippen molar-refractivity contribution < 1.29 is 9.53 Å². The minimum Gasteiger partial charge on any atom is -0.460 e. The summed E-state index contributed by atoms with van der Waals surface area (Å²) in [6.07, 6.45) is 0. The molecule has 3 unspecified atom stereocenters. The number of ether oxygens (including phenoxy) is 1. The summed E-state index contributed by atoms with van der Waals surface area (Å²) in [5.74, 6) is 0.378. The lowest BCUT2D eigenvalue weighted by Crippen LogP contribution is -2.31. The molecular weight excluding hydrogens is 238 g/mol. The van der Waals surface area contributed by atoms with E-state index in [-0.39, 0.29) is 17.3 Å². The number of hydrogen-bond donors (Lipinski definition) is 1. The Kier molecular flexibility index (Phi) is 2.72. The normalized spacial score (nSPS) is 32.8. The molecule has 1 aromatic rings. The van der Waals surface area contributed by atoms with E-state index in [0.29, 0.717) is 5.92 Å². The second-order valence-electron chi connectivity index (χ2n) is 6.65. The van der Waals surface area contributed by atoms with Crippen LogP contribution in [0, 0.1) is 11.8 Å². The molecule has 3 rings (SSSR count). The van der Waals surface area contributed by atoms with Crippen LogP contribution in [-0.4, -0.2) is 24.7 Å². The van der Waals surface area contributed by atoms with Gasteiger partial charge in [-0.1, -0.05) is 30.3 Å². The molecule has 0 spiro atoms. The van der Waals surface area contributed by atoms with Gasteiger partial charge < -0.3 is 10.1 Å². The maximum Gasteiger partial charge on any atom is 0.310 e. The number of hydrogen-bond acceptors (Lipinski definition) is 3. The standard InChI is InChI=1S/C16H21NO2/c1-15(2,3)19-14(18)13-12-9-17-10-16(12,13)11-7-5-4-6-8-11/h4-8,12-13,17H,9-10H2,1-3H3. The highest BCUT2D eigenvalue weighted by atomic mass is 16.6. The number of rotatable bonds is 2. The molecule has 1 saturated heterocycles. The number of fused-ring (bicyclic) bond motifs is 1. The Balaban J connectivity index is 1.85. The van der Waals surface area contributed by atoms with Crippen LogP contribution in [0.4, 0.5) is 0 Å². The zero-order valence-corrected chi connectivity index (χ0v) is 11.8. The lowest BCUT2D eigenvalue weighted by molar-refractivity contribution is -0.157. The Morgan fingerprint density at radius 2 is 2.00 bits per heavy atom. The molecule has 2 aliphatic rings. The topological polar surface area (TPSA) is 38.3 Å². The van der Waals surface area contributed by atoms with E-state index >= 15 is 0 Å². The van der Waals surface area contributed by atoms with Crippen molar-refractivity contribution in [2.45, 2.75) is 31.8 Å². The molecule has 0 radical (unpaired) electrons. The van der Waals surface area contributed by atoms with Crippen LogP contribution in [0.2, 0.25) is 0 Å². The molecule has 3 nitrogen and oxygen atoms in total. The molecule has 2 fully saturated rings. The first kappa shape index (κ1) is 12.7. The van der Waals surface area contributed by atoms with Crippen LogP contribution in [-0.2, 0) is 14.9 Å². The molecule has 1 N–H and O–H groups in total. The lowest BCUT2D eigenvalue weighted by atomic mass is 9.93. The van der Waals surface area contributed by atoms with Gasteiger partial charge in [-0.15, -0.1) is 0 Å². The minimum absolute atomic E-state index is 0.0235. The molecule has 1 aromatic carbocycles. The molecule has 19 heavy (non-hydrogen) atoms. The Morgan fingerprint density at radius 3 is 2.63 bits per heavy atom. The van der Waals surface area contributed by atoms with Gasteiger partial charge in [-0.25, -0.2) is 0 Å². The highest BCUT2D eigenvalue weighted by Gasteiger charge is 2.71. The van der Waals surface area contributed by atoms with Crippen LogP contribution in [0.1, 0.15) is 26.3 Å². The molecular formula is C16H21NO2. The average molecular weight is 259 g/mol. The van der Waals surface area contributed by atoms with Gasteiger partial charge in [-0.2, -0.15) is 0 Å². The van der Waals surface area contributed by atoms with Gasteiger partial charge in [-0.05, 0) is 38.8 Å². The summed E-state index contributed by atoms with van der Waals surface area (Å²) in [5.41, 5.74) is 0.837. The third-order valence-electron chi connectivity index (χ3n) is 4.26. The van der Waals surface area contributed by atoms with E-state index in [2.05, 4.69) is 17.4 Å². The van der Waals surface area contributed by atoms with Gasteiger partial charge in [0.1, 0.15) is 5.60 Å². The molecule has 102 valence electrons. The Hall–Kier alpha value is -1.35. The number of carbonyl (C=O) groups is 1. The van der Waals surface area contributed by atoms with Crippen LogP contribution in [0.3, 0.4) is 0 Å². The number of esters is 1. The third-order valence-corrected chi connectivity index (χ3v) is 4.26. The highest BCUT2D eigenvalue weighted by Crippen LogP contribution is 2.62. The predicted molar refractivity (Wildman–Crippen MR) is 73.8 cm³/mol. The van der Waals surface area contributed by atoms with Crippen molar-refractivity contribution in [2.24, 2.45) is 11.8 Å². The van der Waals surface area contributed by atoms with Crippen LogP contribution in [0.25, 0.3) is 0 Å². The van der Waals surface area contributed by atoms with E-state index in [1.807, 2.05) is 39.0 Å². The van der Waals surface area contributed by atoms with Crippen LogP contribution in [0.5, 0.6) is 0 Å². The van der Waals surface area contributed by atoms with E-state index in [0.717, 1.165) is 13.1 Å². The first-order valence-electron chi connectivity index (χ1n) is 6.94. The number of piperidine rings is 1. The summed E-state index contributed by atoms with van der Waals surface area (Å²) in [7, 11) is 0. The maximum atomic E-state index is 12.4. The van der Waals surface area contributed by atoms with Gasteiger partial charge in [0.2, 0.25) is 0 Å². The zero-order chi connectivity index (χ0) is 13.7. The van der Waals surface area contributed by atoms with E-state index in [9.17, 15) is 4.79 Å². The van der Waals surface area contributed by atoms with Gasteiger partial charge in [-0.3, -0.25) is 4.79 Å². The molecule has 0 aromatic heterocycles. The zero-order valence-electron chi connectivity index (χ0n) is 11.8. The predicted octanol–water partition coefficient (Wildman–Crippen LogP) is 2.12. The van der Waals surface area contributed by atoms with Crippen molar-refractivity contribution in [3.8, 4) is 0 Å². The van der Waals surface area contributed by atoms with Gasteiger partial charge >= 0.3 is 5.97 Å². The number of carbonyl (C=O) groups excluding carboxylic acids is 1. The molecule has 1 heterocycles. The highest BCUT2D eigenvalue weighted by molar-refractivity contribution is 5.81. The third kappa shape index (κ3) is 1.96. The SMILES string of the molecule is CC(C)(C)OC(=O)C1C2CNCC21c1ccccc1. The van der Waals surface area contributed by atoms with E-state index in [4.69, 9.17) is 4.74 Å². The Morgan fingerprint density at radius 1 is 1.32 bits per heavy atom. The van der Waals surface area contributed by atoms with Crippen LogP contribution < -0.4 is 5.32 Å². The molecule has 0 bridgehead atoms. The Labute approximate surface area is 114 Å².